The van der Waals surface area contributed by atoms with Crippen molar-refractivity contribution < 1.29 is 18.0 Å². The molecule has 0 aliphatic rings. The van der Waals surface area contributed by atoms with E-state index in [1.165, 1.54) is 17.0 Å². The molecule has 0 spiro atoms. The summed E-state index contributed by atoms with van der Waals surface area (Å²) < 4.78 is 29.4. The van der Waals surface area contributed by atoms with Crippen LogP contribution in [0.4, 0.5) is 5.69 Å². The van der Waals surface area contributed by atoms with Crippen molar-refractivity contribution in [3.05, 3.63) is 129 Å². The molecule has 0 fully saturated rings. The number of amides is 2. The Balaban J connectivity index is 1.82. The summed E-state index contributed by atoms with van der Waals surface area (Å²) in [4.78, 5) is 29.9. The number of sulfonamides is 1. The molecular weight excluding hydrogens is 641 g/mol. The van der Waals surface area contributed by atoms with Crippen molar-refractivity contribution in [2.45, 2.75) is 51.6 Å². The number of hydrogen-bond donors (Lipinski definition) is 1. The van der Waals surface area contributed by atoms with Crippen LogP contribution in [0, 0.1) is 19.8 Å². The fourth-order valence-electron chi connectivity index (χ4n) is 4.94. The summed E-state index contributed by atoms with van der Waals surface area (Å²) in [7, 11) is -4.18. The molecule has 4 rings (SSSR count). The summed E-state index contributed by atoms with van der Waals surface area (Å²) in [5.74, 6) is -0.712. The third-order valence-electron chi connectivity index (χ3n) is 7.68. The second-order valence-corrected chi connectivity index (χ2v) is 14.4. The molecule has 0 aliphatic carbocycles. The largest absolute Gasteiger partial charge is 0.354 e. The standard InChI is InChI=1S/C36H39Cl2N3O4S/c1-25(2)22-39-36(43)34(21-28-11-7-5-8-12-28)40(23-29-16-18-32(37)33(38)20-29)35(42)24-41(30-17-15-26(3)27(4)19-30)46(44,45)31-13-9-6-10-14-31/h5-20,25,34H,21-24H2,1-4H3,(H,39,43)/t34-/m1/s1. The van der Waals surface area contributed by atoms with E-state index >= 15 is 0 Å². The minimum absolute atomic E-state index is 0.00548. The molecule has 1 N–H and O–H groups in total. The van der Waals surface area contributed by atoms with Crippen LogP contribution in [0.25, 0.3) is 0 Å². The normalized spacial score (nSPS) is 12.1. The van der Waals surface area contributed by atoms with Crippen molar-refractivity contribution in [1.82, 2.24) is 10.2 Å². The Hall–Kier alpha value is -3.85. The Kier molecular flexibility index (Phi) is 11.9. The third kappa shape index (κ3) is 8.90. The second-order valence-electron chi connectivity index (χ2n) is 11.7. The van der Waals surface area contributed by atoms with Gasteiger partial charge in [0.2, 0.25) is 11.8 Å². The van der Waals surface area contributed by atoms with Crippen molar-refractivity contribution in [3.63, 3.8) is 0 Å². The first-order valence-corrected chi connectivity index (χ1v) is 17.3. The van der Waals surface area contributed by atoms with Crippen molar-refractivity contribution in [3.8, 4) is 0 Å². The van der Waals surface area contributed by atoms with Gasteiger partial charge in [-0.2, -0.15) is 0 Å². The lowest BCUT2D eigenvalue weighted by Gasteiger charge is -2.34. The maximum atomic E-state index is 14.6. The summed E-state index contributed by atoms with van der Waals surface area (Å²) in [5.41, 5.74) is 3.70. The number of nitrogens with one attached hydrogen (secondary N) is 1. The van der Waals surface area contributed by atoms with Crippen molar-refractivity contribution in [1.29, 1.82) is 0 Å². The van der Waals surface area contributed by atoms with Crippen molar-refractivity contribution >= 4 is 50.7 Å². The molecule has 1 atom stereocenters. The van der Waals surface area contributed by atoms with Crippen LogP contribution in [0.3, 0.4) is 0 Å². The first kappa shape index (κ1) is 35.0. The fraction of sp³-hybridized carbons (Fsp3) is 0.278. The van der Waals surface area contributed by atoms with Crippen LogP contribution in [-0.2, 0) is 32.6 Å². The molecule has 0 radical (unpaired) electrons. The number of halogens is 2. The number of anilines is 1. The highest BCUT2D eigenvalue weighted by atomic mass is 35.5. The molecule has 46 heavy (non-hydrogen) atoms. The lowest BCUT2D eigenvalue weighted by molar-refractivity contribution is -0.140. The van der Waals surface area contributed by atoms with Gasteiger partial charge < -0.3 is 10.2 Å². The monoisotopic (exact) mass is 679 g/mol. The first-order chi connectivity index (χ1) is 21.9. The van der Waals surface area contributed by atoms with E-state index in [0.717, 1.165) is 21.0 Å². The molecule has 4 aromatic rings. The SMILES string of the molecule is Cc1ccc(N(CC(=O)N(Cc2ccc(Cl)c(Cl)c2)[C@H](Cc2ccccc2)C(=O)NCC(C)C)S(=O)(=O)c2ccccc2)cc1C. The number of nitrogens with zero attached hydrogens (tertiary/aromatic N) is 2. The summed E-state index contributed by atoms with van der Waals surface area (Å²) >= 11 is 12.5. The average molecular weight is 681 g/mol. The molecular formula is C36H39Cl2N3O4S. The second kappa shape index (κ2) is 15.6. The summed E-state index contributed by atoms with van der Waals surface area (Å²) in [6.07, 6.45) is 0.215. The summed E-state index contributed by atoms with van der Waals surface area (Å²) in [5, 5.41) is 3.65. The molecule has 0 unspecified atom stereocenters. The summed E-state index contributed by atoms with van der Waals surface area (Å²) in [6, 6.07) is 26.8. The zero-order chi connectivity index (χ0) is 33.4. The third-order valence-corrected chi connectivity index (χ3v) is 10.2. The average Bonchev–Trinajstić information content (AvgIpc) is 3.04. The van der Waals surface area contributed by atoms with Gasteiger partial charge in [0.1, 0.15) is 12.6 Å². The Labute approximate surface area is 282 Å². The van der Waals surface area contributed by atoms with Gasteiger partial charge in [0.15, 0.2) is 0 Å². The number of carbonyl (C=O) groups is 2. The van der Waals surface area contributed by atoms with E-state index in [0.29, 0.717) is 27.8 Å². The number of carbonyl (C=O) groups excluding carboxylic acids is 2. The number of rotatable bonds is 13. The van der Waals surface area contributed by atoms with Gasteiger partial charge in [-0.15, -0.1) is 0 Å². The zero-order valence-electron chi connectivity index (χ0n) is 26.4. The van der Waals surface area contributed by atoms with Gasteiger partial charge >= 0.3 is 0 Å². The number of hydrogen-bond acceptors (Lipinski definition) is 4. The van der Waals surface area contributed by atoms with Crippen LogP contribution >= 0.6 is 23.2 Å². The van der Waals surface area contributed by atoms with Gasteiger partial charge in [-0.3, -0.25) is 13.9 Å². The van der Waals surface area contributed by atoms with Gasteiger partial charge in [-0.25, -0.2) is 8.42 Å². The molecule has 10 heteroatoms. The zero-order valence-corrected chi connectivity index (χ0v) is 28.7. The number of aryl methyl sites for hydroxylation is 2. The van der Waals surface area contributed by atoms with E-state index in [1.807, 2.05) is 64.1 Å². The van der Waals surface area contributed by atoms with E-state index in [9.17, 15) is 18.0 Å². The molecule has 0 bridgehead atoms. The van der Waals surface area contributed by atoms with Gasteiger partial charge in [-0.1, -0.05) is 97.7 Å². The predicted molar refractivity (Wildman–Crippen MR) is 186 cm³/mol. The van der Waals surface area contributed by atoms with Gasteiger partial charge in [0, 0.05) is 19.5 Å². The van der Waals surface area contributed by atoms with Crippen LogP contribution in [0.15, 0.2) is 102 Å². The van der Waals surface area contributed by atoms with Gasteiger partial charge in [0.05, 0.1) is 20.6 Å². The minimum Gasteiger partial charge on any atom is -0.354 e. The quantitative estimate of drug-likeness (QED) is 0.162. The maximum Gasteiger partial charge on any atom is 0.264 e. The Morgan fingerprint density at radius 1 is 0.783 bits per heavy atom. The van der Waals surface area contributed by atoms with Crippen molar-refractivity contribution in [2.75, 3.05) is 17.4 Å². The van der Waals surface area contributed by atoms with E-state index in [-0.39, 0.29) is 29.7 Å². The lowest BCUT2D eigenvalue weighted by Crippen LogP contribution is -2.53. The molecule has 0 saturated heterocycles. The van der Waals surface area contributed by atoms with Gasteiger partial charge in [-0.05, 0) is 78.4 Å². The molecule has 0 heterocycles. The molecule has 0 aromatic heterocycles. The van der Waals surface area contributed by atoms with Crippen LogP contribution in [-0.4, -0.2) is 44.3 Å². The molecule has 242 valence electrons. The highest BCUT2D eigenvalue weighted by molar-refractivity contribution is 7.92. The van der Waals surface area contributed by atoms with E-state index in [1.54, 1.807) is 48.5 Å². The highest BCUT2D eigenvalue weighted by Gasteiger charge is 2.34. The van der Waals surface area contributed by atoms with Gasteiger partial charge in [0.25, 0.3) is 10.0 Å². The Bertz CT molecular complexity index is 1770. The topological polar surface area (TPSA) is 86.8 Å². The smallest absolute Gasteiger partial charge is 0.264 e. The Morgan fingerprint density at radius 2 is 1.43 bits per heavy atom. The van der Waals surface area contributed by atoms with Crippen LogP contribution in [0.1, 0.15) is 36.1 Å². The lowest BCUT2D eigenvalue weighted by atomic mass is 10.0. The Morgan fingerprint density at radius 3 is 2.04 bits per heavy atom. The minimum atomic E-state index is -4.18. The van der Waals surface area contributed by atoms with E-state index < -0.39 is 28.5 Å². The fourth-order valence-corrected chi connectivity index (χ4v) is 6.69. The highest BCUT2D eigenvalue weighted by Crippen LogP contribution is 2.28. The van der Waals surface area contributed by atoms with Crippen LogP contribution in [0.5, 0.6) is 0 Å². The first-order valence-electron chi connectivity index (χ1n) is 15.1. The molecule has 0 aliphatic heterocycles. The van der Waals surface area contributed by atoms with Crippen LogP contribution < -0.4 is 9.62 Å². The number of benzene rings is 4. The summed E-state index contributed by atoms with van der Waals surface area (Å²) in [6.45, 7) is 7.67. The van der Waals surface area contributed by atoms with E-state index in [2.05, 4.69) is 5.32 Å². The van der Waals surface area contributed by atoms with E-state index in [4.69, 9.17) is 23.2 Å². The maximum absolute atomic E-state index is 14.6. The molecule has 2 amide bonds. The van der Waals surface area contributed by atoms with Crippen LogP contribution in [0.2, 0.25) is 10.0 Å². The van der Waals surface area contributed by atoms with Crippen molar-refractivity contribution in [2.24, 2.45) is 5.92 Å². The predicted octanol–water partition coefficient (Wildman–Crippen LogP) is 7.22. The molecule has 4 aromatic carbocycles. The molecule has 7 nitrogen and oxygen atoms in total. The molecule has 0 saturated carbocycles.